The Hall–Kier alpha value is -1.06. The number of likely N-dealkylation sites (tertiary alicyclic amines) is 1. The average Bonchev–Trinajstić information content (AvgIpc) is 2.91. The Morgan fingerprint density at radius 1 is 1.26 bits per heavy atom. The van der Waals surface area contributed by atoms with Gasteiger partial charge in [0.2, 0.25) is 0 Å². The third kappa shape index (κ3) is 4.51. The zero-order valence-corrected chi connectivity index (χ0v) is 12.2. The van der Waals surface area contributed by atoms with E-state index in [4.69, 9.17) is 4.74 Å². The van der Waals surface area contributed by atoms with Gasteiger partial charge in [-0.15, -0.1) is 0 Å². The smallest absolute Gasteiger partial charge is 0.123 e. The topological polar surface area (TPSA) is 24.5 Å². The largest absolute Gasteiger partial charge is 0.494 e. The molecule has 2 rings (SSSR count). The van der Waals surface area contributed by atoms with Gasteiger partial charge in [0.05, 0.1) is 6.61 Å². The van der Waals surface area contributed by atoms with Crippen LogP contribution in [0.4, 0.5) is 0 Å². The van der Waals surface area contributed by atoms with E-state index in [0.717, 1.165) is 25.4 Å². The molecular weight excluding hydrogens is 236 g/mol. The second kappa shape index (κ2) is 7.51. The van der Waals surface area contributed by atoms with E-state index in [1.165, 1.54) is 31.5 Å². The molecule has 1 fully saturated rings. The van der Waals surface area contributed by atoms with E-state index in [1.807, 2.05) is 19.1 Å². The van der Waals surface area contributed by atoms with E-state index < -0.39 is 0 Å². The molecule has 1 aliphatic rings. The molecule has 3 nitrogen and oxygen atoms in total. The van der Waals surface area contributed by atoms with Gasteiger partial charge in [-0.05, 0) is 45.8 Å². The number of hydrogen-bond acceptors (Lipinski definition) is 3. The van der Waals surface area contributed by atoms with Crippen LogP contribution >= 0.6 is 0 Å². The predicted molar refractivity (Wildman–Crippen MR) is 79.6 cm³/mol. The van der Waals surface area contributed by atoms with Gasteiger partial charge in [-0.25, -0.2) is 0 Å². The third-order valence-electron chi connectivity index (χ3n) is 3.64. The number of rotatable bonds is 7. The fourth-order valence-corrected chi connectivity index (χ4v) is 2.65. The molecule has 0 aromatic heterocycles. The highest BCUT2D eigenvalue weighted by Gasteiger charge is 2.14. The average molecular weight is 262 g/mol. The van der Waals surface area contributed by atoms with Crippen molar-refractivity contribution < 1.29 is 4.74 Å². The summed E-state index contributed by atoms with van der Waals surface area (Å²) >= 11 is 0. The Kier molecular flexibility index (Phi) is 5.67. The number of hydrogen-bond donors (Lipinski definition) is 1. The third-order valence-corrected chi connectivity index (χ3v) is 3.64. The van der Waals surface area contributed by atoms with Gasteiger partial charge < -0.3 is 15.0 Å². The van der Waals surface area contributed by atoms with Crippen molar-refractivity contribution in [3.8, 4) is 5.75 Å². The summed E-state index contributed by atoms with van der Waals surface area (Å²) in [5.41, 5.74) is 1.25. The molecule has 0 amide bonds. The van der Waals surface area contributed by atoms with Crippen molar-refractivity contribution in [1.82, 2.24) is 10.2 Å². The lowest BCUT2D eigenvalue weighted by atomic mass is 10.2. The Morgan fingerprint density at radius 2 is 2.00 bits per heavy atom. The minimum absolute atomic E-state index is 0.521. The fraction of sp³-hybridized carbons (Fsp3) is 0.625. The van der Waals surface area contributed by atoms with Gasteiger partial charge in [0, 0.05) is 24.7 Å². The lowest BCUT2D eigenvalue weighted by Crippen LogP contribution is -2.37. The van der Waals surface area contributed by atoms with Crippen molar-refractivity contribution in [2.75, 3.05) is 26.2 Å². The van der Waals surface area contributed by atoms with Crippen molar-refractivity contribution in [1.29, 1.82) is 0 Å². The molecule has 1 aromatic carbocycles. The van der Waals surface area contributed by atoms with Crippen LogP contribution in [-0.2, 0) is 6.54 Å². The molecule has 0 aliphatic carbocycles. The Bertz CT molecular complexity index is 375. The van der Waals surface area contributed by atoms with Crippen LogP contribution in [-0.4, -0.2) is 37.2 Å². The summed E-state index contributed by atoms with van der Waals surface area (Å²) in [6, 6.07) is 8.81. The summed E-state index contributed by atoms with van der Waals surface area (Å²) in [4.78, 5) is 2.55. The standard InChI is InChI=1S/C16H26N2O/c1-3-19-16-9-5-4-8-15(16)12-17-14(2)13-18-10-6-7-11-18/h4-5,8-9,14,17H,3,6-7,10-13H2,1-2H3. The van der Waals surface area contributed by atoms with Crippen LogP contribution in [0.2, 0.25) is 0 Å². The van der Waals surface area contributed by atoms with E-state index in [-0.39, 0.29) is 0 Å². The maximum atomic E-state index is 5.65. The van der Waals surface area contributed by atoms with Crippen LogP contribution < -0.4 is 10.1 Å². The zero-order valence-electron chi connectivity index (χ0n) is 12.2. The molecule has 0 radical (unpaired) electrons. The molecule has 0 bridgehead atoms. The predicted octanol–water partition coefficient (Wildman–Crippen LogP) is 2.66. The number of nitrogens with zero attached hydrogens (tertiary/aromatic N) is 1. The van der Waals surface area contributed by atoms with Crippen molar-refractivity contribution in [2.45, 2.75) is 39.3 Å². The van der Waals surface area contributed by atoms with Gasteiger partial charge in [-0.2, -0.15) is 0 Å². The molecule has 3 heteroatoms. The summed E-state index contributed by atoms with van der Waals surface area (Å²) in [6.45, 7) is 9.58. The molecule has 1 saturated heterocycles. The highest BCUT2D eigenvalue weighted by atomic mass is 16.5. The quantitative estimate of drug-likeness (QED) is 0.817. The molecule has 19 heavy (non-hydrogen) atoms. The van der Waals surface area contributed by atoms with Gasteiger partial charge >= 0.3 is 0 Å². The zero-order chi connectivity index (χ0) is 13.5. The molecule has 0 spiro atoms. The summed E-state index contributed by atoms with van der Waals surface area (Å²) < 4.78 is 5.65. The Balaban J connectivity index is 1.80. The van der Waals surface area contributed by atoms with Crippen LogP contribution in [0, 0.1) is 0 Å². The second-order valence-electron chi connectivity index (χ2n) is 5.33. The first-order valence-corrected chi connectivity index (χ1v) is 7.46. The van der Waals surface area contributed by atoms with Crippen molar-refractivity contribution in [2.24, 2.45) is 0 Å². The van der Waals surface area contributed by atoms with Crippen LogP contribution in [0.5, 0.6) is 5.75 Å². The van der Waals surface area contributed by atoms with Crippen molar-refractivity contribution >= 4 is 0 Å². The van der Waals surface area contributed by atoms with Crippen LogP contribution in [0.3, 0.4) is 0 Å². The first-order valence-electron chi connectivity index (χ1n) is 7.46. The maximum absolute atomic E-state index is 5.65. The van der Waals surface area contributed by atoms with Crippen LogP contribution in [0.25, 0.3) is 0 Å². The number of nitrogens with one attached hydrogen (secondary N) is 1. The highest BCUT2D eigenvalue weighted by Crippen LogP contribution is 2.17. The van der Waals surface area contributed by atoms with Crippen molar-refractivity contribution in [3.05, 3.63) is 29.8 Å². The summed E-state index contributed by atoms with van der Waals surface area (Å²) in [5, 5.41) is 3.60. The SMILES string of the molecule is CCOc1ccccc1CNC(C)CN1CCCC1. The van der Waals surface area contributed by atoms with Crippen LogP contribution in [0.15, 0.2) is 24.3 Å². The highest BCUT2D eigenvalue weighted by molar-refractivity contribution is 5.33. The molecule has 1 unspecified atom stereocenters. The first-order chi connectivity index (χ1) is 9.29. The van der Waals surface area contributed by atoms with Gasteiger partial charge in [-0.3, -0.25) is 0 Å². The number of ether oxygens (including phenoxy) is 1. The van der Waals surface area contributed by atoms with E-state index in [1.54, 1.807) is 0 Å². The van der Waals surface area contributed by atoms with Crippen molar-refractivity contribution in [3.63, 3.8) is 0 Å². The van der Waals surface area contributed by atoms with Gasteiger partial charge in [0.1, 0.15) is 5.75 Å². The molecule has 1 heterocycles. The minimum atomic E-state index is 0.521. The molecule has 1 atom stereocenters. The lowest BCUT2D eigenvalue weighted by Gasteiger charge is -2.21. The molecular formula is C16H26N2O. The van der Waals surface area contributed by atoms with Crippen LogP contribution in [0.1, 0.15) is 32.3 Å². The van der Waals surface area contributed by atoms with Gasteiger partial charge in [0.15, 0.2) is 0 Å². The van der Waals surface area contributed by atoms with E-state index in [0.29, 0.717) is 6.04 Å². The molecule has 1 aliphatic heterocycles. The number of para-hydroxylation sites is 1. The molecule has 106 valence electrons. The van der Waals surface area contributed by atoms with E-state index >= 15 is 0 Å². The Morgan fingerprint density at radius 3 is 2.74 bits per heavy atom. The fourth-order valence-electron chi connectivity index (χ4n) is 2.65. The minimum Gasteiger partial charge on any atom is -0.494 e. The summed E-state index contributed by atoms with van der Waals surface area (Å²) in [6.07, 6.45) is 2.72. The van der Waals surface area contributed by atoms with E-state index in [9.17, 15) is 0 Å². The van der Waals surface area contributed by atoms with E-state index in [2.05, 4.69) is 29.3 Å². The normalized spacial score (nSPS) is 17.6. The van der Waals surface area contributed by atoms with Gasteiger partial charge in [-0.1, -0.05) is 18.2 Å². The summed E-state index contributed by atoms with van der Waals surface area (Å²) in [7, 11) is 0. The molecule has 1 N–H and O–H groups in total. The second-order valence-corrected chi connectivity index (χ2v) is 5.33. The van der Waals surface area contributed by atoms with Gasteiger partial charge in [0.25, 0.3) is 0 Å². The Labute approximate surface area is 116 Å². The molecule has 0 saturated carbocycles. The maximum Gasteiger partial charge on any atom is 0.123 e. The summed E-state index contributed by atoms with van der Waals surface area (Å²) in [5.74, 6) is 1.01. The first kappa shape index (κ1) is 14.4. The molecule has 1 aromatic rings. The monoisotopic (exact) mass is 262 g/mol. The number of benzene rings is 1. The lowest BCUT2D eigenvalue weighted by molar-refractivity contribution is 0.296.